The van der Waals surface area contributed by atoms with Crippen LogP contribution in [0.5, 0.6) is 0 Å². The molecule has 17 heavy (non-hydrogen) atoms. The molecule has 1 unspecified atom stereocenters. The molecule has 1 atom stereocenters. The summed E-state index contributed by atoms with van der Waals surface area (Å²) in [6.07, 6.45) is 1.50. The molecule has 1 aliphatic rings. The van der Waals surface area contributed by atoms with Crippen molar-refractivity contribution in [1.82, 2.24) is 4.90 Å². The molecular formula is C11H13N5O. The van der Waals surface area contributed by atoms with Crippen LogP contribution in [0.15, 0.2) is 39.7 Å². The summed E-state index contributed by atoms with van der Waals surface area (Å²) < 4.78 is 0. The number of carbonyl (C=O) groups is 1. The molecule has 2 amide bonds. The second-order valence-corrected chi connectivity index (χ2v) is 3.92. The first-order valence-corrected chi connectivity index (χ1v) is 5.13. The van der Waals surface area contributed by atoms with Crippen LogP contribution >= 0.6 is 0 Å². The number of nitrogens with zero attached hydrogens (tertiary/aromatic N) is 4. The quantitative estimate of drug-likeness (QED) is 0.823. The first kappa shape index (κ1) is 11.3. The second kappa shape index (κ2) is 3.97. The zero-order chi connectivity index (χ0) is 12.5. The predicted molar refractivity (Wildman–Crippen MR) is 63.6 cm³/mol. The predicted octanol–water partition coefficient (Wildman–Crippen LogP) is 1.61. The first-order valence-electron chi connectivity index (χ1n) is 5.13. The van der Waals surface area contributed by atoms with Crippen LogP contribution in [0.25, 0.3) is 0 Å². The van der Waals surface area contributed by atoms with E-state index < -0.39 is 11.7 Å². The fourth-order valence-electron chi connectivity index (χ4n) is 1.67. The molecule has 2 rings (SSSR count). The third-order valence-electron chi connectivity index (χ3n) is 2.80. The Morgan fingerprint density at radius 3 is 2.47 bits per heavy atom. The molecule has 6 heteroatoms. The van der Waals surface area contributed by atoms with Gasteiger partial charge >= 0.3 is 6.03 Å². The maximum Gasteiger partial charge on any atom is 0.317 e. The van der Waals surface area contributed by atoms with Crippen LogP contribution in [0, 0.1) is 6.92 Å². The molecule has 0 radical (unpaired) electrons. The summed E-state index contributed by atoms with van der Waals surface area (Å²) >= 11 is 0. The van der Waals surface area contributed by atoms with Gasteiger partial charge in [-0.3, -0.25) is 4.90 Å². The molecule has 0 aliphatic carbocycles. The molecule has 0 saturated carbocycles. The smallest absolute Gasteiger partial charge is 0.317 e. The minimum absolute atomic E-state index is 0.585. The number of primary amides is 1. The molecule has 1 aromatic rings. The highest BCUT2D eigenvalue weighted by Crippen LogP contribution is 2.30. The second-order valence-electron chi connectivity index (χ2n) is 3.92. The Kier molecular flexibility index (Phi) is 2.63. The topological polar surface area (TPSA) is 83.4 Å². The van der Waals surface area contributed by atoms with Crippen molar-refractivity contribution >= 4 is 12.2 Å². The lowest BCUT2D eigenvalue weighted by Gasteiger charge is -2.31. The number of carbonyl (C=O) groups excluding carboxylic acids is 1. The maximum absolute atomic E-state index is 11.3. The fourth-order valence-corrected chi connectivity index (χ4v) is 1.67. The highest BCUT2D eigenvalue weighted by Gasteiger charge is 2.40. The van der Waals surface area contributed by atoms with Crippen LogP contribution in [0.4, 0.5) is 4.79 Å². The van der Waals surface area contributed by atoms with Crippen LogP contribution in [0.3, 0.4) is 0 Å². The van der Waals surface area contributed by atoms with Crippen molar-refractivity contribution in [2.45, 2.75) is 12.6 Å². The molecule has 1 aromatic carbocycles. The molecule has 0 fully saturated rings. The molecule has 0 saturated heterocycles. The van der Waals surface area contributed by atoms with E-state index in [9.17, 15) is 4.79 Å². The summed E-state index contributed by atoms with van der Waals surface area (Å²) in [7, 11) is 1.57. The minimum atomic E-state index is -1.01. The molecular weight excluding hydrogens is 218 g/mol. The average Bonchev–Trinajstić information content (AvgIpc) is 2.79. The average molecular weight is 231 g/mol. The van der Waals surface area contributed by atoms with Gasteiger partial charge in [0, 0.05) is 12.6 Å². The highest BCUT2D eigenvalue weighted by molar-refractivity contribution is 5.82. The van der Waals surface area contributed by atoms with Crippen molar-refractivity contribution in [3.05, 3.63) is 35.4 Å². The van der Waals surface area contributed by atoms with Crippen LogP contribution in [-0.4, -0.2) is 24.2 Å². The molecule has 1 heterocycles. The van der Waals surface area contributed by atoms with Gasteiger partial charge in [-0.1, -0.05) is 29.8 Å². The van der Waals surface area contributed by atoms with Crippen LogP contribution in [-0.2, 0) is 5.66 Å². The van der Waals surface area contributed by atoms with Crippen molar-refractivity contribution in [3.63, 3.8) is 0 Å². The van der Waals surface area contributed by atoms with E-state index >= 15 is 0 Å². The molecule has 6 nitrogen and oxygen atoms in total. The van der Waals surface area contributed by atoms with E-state index in [1.807, 2.05) is 31.2 Å². The zero-order valence-electron chi connectivity index (χ0n) is 9.66. The van der Waals surface area contributed by atoms with Crippen LogP contribution < -0.4 is 5.73 Å². The standard InChI is InChI=1S/C11H13N5O/c1-8-3-5-9(6-4-8)11(7-13-15-14-11)16(2)10(12)17/h3-7H,1-2H3,(H2,12,17). The number of amides is 2. The molecule has 1 aliphatic heterocycles. The van der Waals surface area contributed by atoms with E-state index in [-0.39, 0.29) is 0 Å². The molecule has 0 aromatic heterocycles. The Morgan fingerprint density at radius 2 is 2.00 bits per heavy atom. The Balaban J connectivity index is 2.49. The fraction of sp³-hybridized carbons (Fsp3) is 0.273. The van der Waals surface area contributed by atoms with E-state index in [1.54, 1.807) is 7.05 Å². The van der Waals surface area contributed by atoms with E-state index in [0.29, 0.717) is 0 Å². The van der Waals surface area contributed by atoms with E-state index in [1.165, 1.54) is 11.1 Å². The number of urea groups is 1. The van der Waals surface area contributed by atoms with Gasteiger partial charge in [0.25, 0.3) is 0 Å². The summed E-state index contributed by atoms with van der Waals surface area (Å²) in [6, 6.07) is 7.05. The van der Waals surface area contributed by atoms with Gasteiger partial charge in [0.05, 0.1) is 6.21 Å². The minimum Gasteiger partial charge on any atom is -0.351 e. The summed E-state index contributed by atoms with van der Waals surface area (Å²) in [6.45, 7) is 1.98. The molecule has 2 N–H and O–H groups in total. The summed E-state index contributed by atoms with van der Waals surface area (Å²) in [5.41, 5.74) is 6.20. The van der Waals surface area contributed by atoms with Gasteiger partial charge < -0.3 is 5.73 Å². The van der Waals surface area contributed by atoms with Crippen molar-refractivity contribution < 1.29 is 4.79 Å². The van der Waals surface area contributed by atoms with Gasteiger partial charge in [-0.05, 0) is 12.1 Å². The summed E-state index contributed by atoms with van der Waals surface area (Å²) in [5, 5.41) is 11.3. The van der Waals surface area contributed by atoms with Crippen LogP contribution in [0.1, 0.15) is 11.1 Å². The zero-order valence-corrected chi connectivity index (χ0v) is 9.66. The van der Waals surface area contributed by atoms with Crippen LogP contribution in [0.2, 0.25) is 0 Å². The summed E-state index contributed by atoms with van der Waals surface area (Å²) in [4.78, 5) is 12.6. The van der Waals surface area contributed by atoms with Crippen molar-refractivity contribution in [3.8, 4) is 0 Å². The normalized spacial score (nSPS) is 21.8. The number of nitrogens with two attached hydrogens (primary N) is 1. The number of benzene rings is 1. The lowest BCUT2D eigenvalue weighted by atomic mass is 9.99. The number of rotatable bonds is 2. The van der Waals surface area contributed by atoms with Gasteiger partial charge in [-0.2, -0.15) is 0 Å². The summed E-state index contributed by atoms with van der Waals surface area (Å²) in [5.74, 6) is 0. The molecule has 0 bridgehead atoms. The first-order chi connectivity index (χ1) is 8.06. The van der Waals surface area contributed by atoms with E-state index in [0.717, 1.165) is 11.1 Å². The Labute approximate surface area is 98.8 Å². The molecule has 88 valence electrons. The number of hydrogen-bond acceptors (Lipinski definition) is 4. The SMILES string of the molecule is Cc1ccc(C2(N(C)C(N)=O)C=NN=N2)cc1. The highest BCUT2D eigenvalue weighted by atomic mass is 16.2. The van der Waals surface area contributed by atoms with Crippen molar-refractivity contribution in [2.24, 2.45) is 21.2 Å². The number of hydrogen-bond donors (Lipinski definition) is 1. The van der Waals surface area contributed by atoms with E-state index in [2.05, 4.69) is 15.4 Å². The Morgan fingerprint density at radius 1 is 1.35 bits per heavy atom. The van der Waals surface area contributed by atoms with Gasteiger partial charge in [0.2, 0.25) is 5.66 Å². The third-order valence-corrected chi connectivity index (χ3v) is 2.80. The Hall–Kier alpha value is -2.24. The Bertz CT molecular complexity index is 479. The van der Waals surface area contributed by atoms with Gasteiger partial charge in [0.1, 0.15) is 0 Å². The number of aryl methyl sites for hydroxylation is 1. The van der Waals surface area contributed by atoms with Gasteiger partial charge in [-0.25, -0.2) is 4.79 Å². The lowest BCUT2D eigenvalue weighted by molar-refractivity contribution is 0.184. The third kappa shape index (κ3) is 1.77. The van der Waals surface area contributed by atoms with E-state index in [4.69, 9.17) is 5.73 Å². The van der Waals surface area contributed by atoms with Crippen molar-refractivity contribution in [1.29, 1.82) is 0 Å². The molecule has 0 spiro atoms. The lowest BCUT2D eigenvalue weighted by Crippen LogP contribution is -2.48. The maximum atomic E-state index is 11.3. The van der Waals surface area contributed by atoms with Gasteiger partial charge in [0.15, 0.2) is 0 Å². The largest absolute Gasteiger partial charge is 0.351 e. The van der Waals surface area contributed by atoms with Crippen molar-refractivity contribution in [2.75, 3.05) is 7.05 Å². The monoisotopic (exact) mass is 231 g/mol. The van der Waals surface area contributed by atoms with Gasteiger partial charge in [-0.15, -0.1) is 10.2 Å².